The smallest absolute Gasteiger partial charge is 0.326 e. The maximum Gasteiger partial charge on any atom is 0.326 e. The van der Waals surface area contributed by atoms with E-state index in [-0.39, 0.29) is 11.4 Å². The molecule has 0 spiro atoms. The zero-order chi connectivity index (χ0) is 17.3. The highest BCUT2D eigenvalue weighted by Crippen LogP contribution is 2.30. The molecule has 0 unspecified atom stereocenters. The number of anilines is 2. The molecule has 0 saturated heterocycles. The van der Waals surface area contributed by atoms with Crippen LogP contribution in [-0.2, 0) is 17.6 Å². The van der Waals surface area contributed by atoms with Gasteiger partial charge in [0.05, 0.1) is 22.8 Å². The Bertz CT molecular complexity index is 825. The number of halogens is 2. The standard InChI is InChI=1S/C17H14ClFN2O3/c18-13-7-10(8-16(22)23)1-4-14(13)20-17(24)21-6-5-11-2-3-12(19)9-15(11)21/h1-4,7,9H,5-6,8H2,(H,20,24)(H,22,23). The number of carboxylic acid groups (broad SMARTS) is 1. The van der Waals surface area contributed by atoms with Gasteiger partial charge in [0.25, 0.3) is 0 Å². The highest BCUT2D eigenvalue weighted by Gasteiger charge is 2.25. The number of urea groups is 1. The molecule has 0 aromatic heterocycles. The van der Waals surface area contributed by atoms with Gasteiger partial charge >= 0.3 is 12.0 Å². The molecular weight excluding hydrogens is 335 g/mol. The average molecular weight is 349 g/mol. The first-order chi connectivity index (χ1) is 11.4. The molecule has 1 aliphatic heterocycles. The van der Waals surface area contributed by atoms with Crippen molar-refractivity contribution in [3.05, 3.63) is 58.4 Å². The van der Waals surface area contributed by atoms with E-state index in [2.05, 4.69) is 5.32 Å². The van der Waals surface area contributed by atoms with Gasteiger partial charge in [0, 0.05) is 6.54 Å². The van der Waals surface area contributed by atoms with Gasteiger partial charge < -0.3 is 10.4 Å². The van der Waals surface area contributed by atoms with Crippen LogP contribution in [0.15, 0.2) is 36.4 Å². The SMILES string of the molecule is O=C(O)Cc1ccc(NC(=O)N2CCc3ccc(F)cc32)c(Cl)c1. The van der Waals surface area contributed by atoms with Gasteiger partial charge in [-0.25, -0.2) is 9.18 Å². The Morgan fingerprint density at radius 2 is 2.04 bits per heavy atom. The number of carbonyl (C=O) groups excluding carboxylic acids is 1. The average Bonchev–Trinajstić information content (AvgIpc) is 2.92. The van der Waals surface area contributed by atoms with E-state index in [4.69, 9.17) is 16.7 Å². The molecule has 0 atom stereocenters. The third-order valence-electron chi connectivity index (χ3n) is 3.82. The first-order valence-electron chi connectivity index (χ1n) is 7.31. The first-order valence-corrected chi connectivity index (χ1v) is 7.69. The fourth-order valence-electron chi connectivity index (χ4n) is 2.69. The summed E-state index contributed by atoms with van der Waals surface area (Å²) in [5.41, 5.74) is 2.38. The quantitative estimate of drug-likeness (QED) is 0.888. The number of carboxylic acids is 1. The minimum Gasteiger partial charge on any atom is -0.481 e. The Morgan fingerprint density at radius 3 is 2.75 bits per heavy atom. The van der Waals surface area contributed by atoms with Crippen LogP contribution in [-0.4, -0.2) is 23.7 Å². The van der Waals surface area contributed by atoms with Gasteiger partial charge in [-0.2, -0.15) is 0 Å². The molecule has 0 aliphatic carbocycles. The van der Waals surface area contributed by atoms with Crippen molar-refractivity contribution in [3.8, 4) is 0 Å². The van der Waals surface area contributed by atoms with Crippen LogP contribution in [0.25, 0.3) is 0 Å². The second-order valence-corrected chi connectivity index (χ2v) is 5.90. The van der Waals surface area contributed by atoms with E-state index in [1.807, 2.05) is 0 Å². The molecule has 0 fully saturated rings. The highest BCUT2D eigenvalue weighted by molar-refractivity contribution is 6.34. The van der Waals surface area contributed by atoms with Gasteiger partial charge in [-0.15, -0.1) is 0 Å². The Labute approximate surface area is 142 Å². The van der Waals surface area contributed by atoms with Crippen molar-refractivity contribution in [2.75, 3.05) is 16.8 Å². The summed E-state index contributed by atoms with van der Waals surface area (Å²) in [7, 11) is 0. The Morgan fingerprint density at radius 1 is 1.25 bits per heavy atom. The zero-order valence-electron chi connectivity index (χ0n) is 12.6. The summed E-state index contributed by atoms with van der Waals surface area (Å²) in [4.78, 5) is 24.6. The van der Waals surface area contributed by atoms with Crippen LogP contribution in [0.1, 0.15) is 11.1 Å². The van der Waals surface area contributed by atoms with Gasteiger partial charge in [0.15, 0.2) is 0 Å². The minimum absolute atomic E-state index is 0.146. The molecule has 2 amide bonds. The number of hydrogen-bond donors (Lipinski definition) is 2. The molecule has 0 saturated carbocycles. The lowest BCUT2D eigenvalue weighted by molar-refractivity contribution is -0.136. The molecule has 24 heavy (non-hydrogen) atoms. The second kappa shape index (κ2) is 6.49. The minimum atomic E-state index is -0.960. The van der Waals surface area contributed by atoms with Gasteiger partial charge in [0.2, 0.25) is 0 Å². The van der Waals surface area contributed by atoms with Gasteiger partial charge in [-0.05, 0) is 41.8 Å². The molecule has 0 radical (unpaired) electrons. The summed E-state index contributed by atoms with van der Waals surface area (Å²) in [6.07, 6.45) is 0.515. The Kier molecular flexibility index (Phi) is 4.40. The number of fused-ring (bicyclic) bond motifs is 1. The number of amides is 2. The van der Waals surface area contributed by atoms with E-state index in [1.165, 1.54) is 23.1 Å². The van der Waals surface area contributed by atoms with Crippen LogP contribution in [0.5, 0.6) is 0 Å². The summed E-state index contributed by atoms with van der Waals surface area (Å²) in [5.74, 6) is -1.36. The van der Waals surface area contributed by atoms with Crippen molar-refractivity contribution in [1.29, 1.82) is 0 Å². The van der Waals surface area contributed by atoms with Crippen LogP contribution in [0.4, 0.5) is 20.6 Å². The summed E-state index contributed by atoms with van der Waals surface area (Å²) in [6, 6.07) is 8.62. The molecule has 2 aromatic rings. The van der Waals surface area contributed by atoms with Crippen molar-refractivity contribution in [3.63, 3.8) is 0 Å². The second-order valence-electron chi connectivity index (χ2n) is 5.49. The largest absolute Gasteiger partial charge is 0.481 e. The molecular formula is C17H14ClFN2O3. The lowest BCUT2D eigenvalue weighted by Gasteiger charge is -2.19. The van der Waals surface area contributed by atoms with E-state index in [0.29, 0.717) is 29.9 Å². The number of nitrogens with zero attached hydrogens (tertiary/aromatic N) is 1. The number of nitrogens with one attached hydrogen (secondary N) is 1. The molecule has 1 aliphatic rings. The zero-order valence-corrected chi connectivity index (χ0v) is 13.3. The van der Waals surface area contributed by atoms with Crippen LogP contribution < -0.4 is 10.2 Å². The maximum atomic E-state index is 13.4. The molecule has 5 nitrogen and oxygen atoms in total. The highest BCUT2D eigenvalue weighted by atomic mass is 35.5. The number of carbonyl (C=O) groups is 2. The molecule has 2 N–H and O–H groups in total. The van der Waals surface area contributed by atoms with E-state index in [1.54, 1.807) is 18.2 Å². The van der Waals surface area contributed by atoms with E-state index in [0.717, 1.165) is 5.56 Å². The van der Waals surface area contributed by atoms with Gasteiger partial charge in [0.1, 0.15) is 5.82 Å². The van der Waals surface area contributed by atoms with Gasteiger partial charge in [-0.3, -0.25) is 9.69 Å². The van der Waals surface area contributed by atoms with Crippen LogP contribution >= 0.6 is 11.6 Å². The fraction of sp³-hybridized carbons (Fsp3) is 0.176. The van der Waals surface area contributed by atoms with Crippen molar-refractivity contribution < 1.29 is 19.1 Å². The van der Waals surface area contributed by atoms with Crippen LogP contribution in [0, 0.1) is 5.82 Å². The number of hydrogen-bond acceptors (Lipinski definition) is 2. The predicted octanol–water partition coefficient (Wildman–Crippen LogP) is 3.70. The van der Waals surface area contributed by atoms with E-state index in [9.17, 15) is 14.0 Å². The Hall–Kier alpha value is -2.60. The van der Waals surface area contributed by atoms with Crippen LogP contribution in [0.2, 0.25) is 5.02 Å². The molecule has 0 bridgehead atoms. The summed E-state index contributed by atoms with van der Waals surface area (Å²) < 4.78 is 13.4. The summed E-state index contributed by atoms with van der Waals surface area (Å²) in [5, 5.41) is 11.7. The Balaban J connectivity index is 1.77. The number of rotatable bonds is 3. The van der Waals surface area contributed by atoms with Crippen molar-refractivity contribution in [2.24, 2.45) is 0 Å². The monoisotopic (exact) mass is 348 g/mol. The topological polar surface area (TPSA) is 69.6 Å². The van der Waals surface area contributed by atoms with Crippen molar-refractivity contribution in [1.82, 2.24) is 0 Å². The molecule has 1 heterocycles. The summed E-state index contributed by atoms with van der Waals surface area (Å²) >= 11 is 6.10. The summed E-state index contributed by atoms with van der Waals surface area (Å²) in [6.45, 7) is 0.458. The fourth-order valence-corrected chi connectivity index (χ4v) is 2.94. The molecule has 2 aromatic carbocycles. The number of aliphatic carboxylic acids is 1. The predicted molar refractivity (Wildman–Crippen MR) is 89.3 cm³/mol. The third-order valence-corrected chi connectivity index (χ3v) is 4.13. The third kappa shape index (κ3) is 3.33. The van der Waals surface area contributed by atoms with E-state index >= 15 is 0 Å². The van der Waals surface area contributed by atoms with E-state index < -0.39 is 17.8 Å². The lowest BCUT2D eigenvalue weighted by atomic mass is 10.1. The number of benzene rings is 2. The van der Waals surface area contributed by atoms with Crippen molar-refractivity contribution >= 4 is 35.0 Å². The van der Waals surface area contributed by atoms with Gasteiger partial charge in [-0.1, -0.05) is 23.7 Å². The maximum absolute atomic E-state index is 13.4. The normalized spacial score (nSPS) is 12.8. The van der Waals surface area contributed by atoms with Crippen LogP contribution in [0.3, 0.4) is 0 Å². The van der Waals surface area contributed by atoms with Crippen molar-refractivity contribution in [2.45, 2.75) is 12.8 Å². The lowest BCUT2D eigenvalue weighted by Crippen LogP contribution is -2.33. The molecule has 3 rings (SSSR count). The molecule has 124 valence electrons. The molecule has 7 heteroatoms. The first kappa shape index (κ1) is 16.3.